The number of carbonyl (C=O) groups excluding carboxylic acids is 1. The van der Waals surface area contributed by atoms with E-state index in [2.05, 4.69) is 0 Å². The third-order valence-corrected chi connectivity index (χ3v) is 3.31. The second-order valence-corrected chi connectivity index (χ2v) is 4.68. The lowest BCUT2D eigenvalue weighted by Gasteiger charge is -2.28. The van der Waals surface area contributed by atoms with Crippen LogP contribution in [0.3, 0.4) is 0 Å². The molecule has 2 aromatic rings. The number of hydrogen-bond donors (Lipinski definition) is 2. The first-order valence-corrected chi connectivity index (χ1v) is 6.35. The Hall–Kier alpha value is -2.24. The SMILES string of the molecule is COCc1cc(F)ccc1C(O)(C(N)=O)c1ccccc1. The molecule has 0 aliphatic heterocycles. The van der Waals surface area contributed by atoms with E-state index in [9.17, 15) is 14.3 Å². The topological polar surface area (TPSA) is 72.6 Å². The quantitative estimate of drug-likeness (QED) is 0.880. The van der Waals surface area contributed by atoms with Gasteiger partial charge in [-0.3, -0.25) is 4.79 Å². The summed E-state index contributed by atoms with van der Waals surface area (Å²) >= 11 is 0. The first-order chi connectivity index (χ1) is 10.00. The van der Waals surface area contributed by atoms with Gasteiger partial charge in [0.1, 0.15) is 5.82 Å². The molecule has 0 saturated heterocycles. The molecule has 110 valence electrons. The van der Waals surface area contributed by atoms with Gasteiger partial charge in [-0.2, -0.15) is 0 Å². The van der Waals surface area contributed by atoms with E-state index in [1.54, 1.807) is 30.3 Å². The van der Waals surface area contributed by atoms with Gasteiger partial charge in [-0.05, 0) is 23.3 Å². The predicted molar refractivity (Wildman–Crippen MR) is 75.7 cm³/mol. The molecule has 5 heteroatoms. The molecule has 2 rings (SSSR count). The number of primary amides is 1. The molecule has 4 nitrogen and oxygen atoms in total. The molecule has 0 aliphatic rings. The van der Waals surface area contributed by atoms with Crippen molar-refractivity contribution in [2.24, 2.45) is 5.73 Å². The highest BCUT2D eigenvalue weighted by Gasteiger charge is 2.39. The monoisotopic (exact) mass is 289 g/mol. The number of aliphatic hydroxyl groups is 1. The average molecular weight is 289 g/mol. The van der Waals surface area contributed by atoms with E-state index in [4.69, 9.17) is 10.5 Å². The highest BCUT2D eigenvalue weighted by atomic mass is 19.1. The smallest absolute Gasteiger partial charge is 0.258 e. The number of carbonyl (C=O) groups is 1. The Bertz CT molecular complexity index is 645. The third-order valence-electron chi connectivity index (χ3n) is 3.31. The molecule has 0 heterocycles. The lowest BCUT2D eigenvalue weighted by atomic mass is 9.83. The lowest BCUT2D eigenvalue weighted by molar-refractivity contribution is -0.133. The Balaban J connectivity index is 2.66. The van der Waals surface area contributed by atoms with Crippen molar-refractivity contribution < 1.29 is 19.0 Å². The number of hydrogen-bond acceptors (Lipinski definition) is 3. The maximum atomic E-state index is 13.4. The zero-order valence-electron chi connectivity index (χ0n) is 11.5. The normalized spacial score (nSPS) is 13.7. The second kappa shape index (κ2) is 6.03. The van der Waals surface area contributed by atoms with Gasteiger partial charge < -0.3 is 15.6 Å². The lowest BCUT2D eigenvalue weighted by Crippen LogP contribution is -2.43. The third kappa shape index (κ3) is 2.79. The van der Waals surface area contributed by atoms with Crippen LogP contribution in [0, 0.1) is 5.82 Å². The van der Waals surface area contributed by atoms with Gasteiger partial charge in [0, 0.05) is 12.7 Å². The van der Waals surface area contributed by atoms with Gasteiger partial charge in [0.05, 0.1) is 6.61 Å². The van der Waals surface area contributed by atoms with Crippen molar-refractivity contribution in [3.05, 3.63) is 71.0 Å². The van der Waals surface area contributed by atoms with Crippen molar-refractivity contribution in [1.29, 1.82) is 0 Å². The van der Waals surface area contributed by atoms with Crippen LogP contribution in [0.15, 0.2) is 48.5 Å². The zero-order valence-corrected chi connectivity index (χ0v) is 11.5. The molecule has 0 saturated carbocycles. The number of rotatable bonds is 5. The number of nitrogens with two attached hydrogens (primary N) is 1. The van der Waals surface area contributed by atoms with Crippen LogP contribution < -0.4 is 5.73 Å². The summed E-state index contributed by atoms with van der Waals surface area (Å²) in [6, 6.07) is 12.0. The van der Waals surface area contributed by atoms with Crippen LogP contribution in [-0.2, 0) is 21.7 Å². The summed E-state index contributed by atoms with van der Waals surface area (Å²) in [6.45, 7) is 0.0511. The molecule has 0 aromatic heterocycles. The van der Waals surface area contributed by atoms with Gasteiger partial charge in [0.25, 0.3) is 5.91 Å². The molecule has 1 unspecified atom stereocenters. The summed E-state index contributed by atoms with van der Waals surface area (Å²) in [5, 5.41) is 10.9. The van der Waals surface area contributed by atoms with Crippen molar-refractivity contribution in [2.45, 2.75) is 12.2 Å². The van der Waals surface area contributed by atoms with Crippen LogP contribution in [0.4, 0.5) is 4.39 Å². The van der Waals surface area contributed by atoms with Crippen molar-refractivity contribution in [3.63, 3.8) is 0 Å². The van der Waals surface area contributed by atoms with E-state index in [0.29, 0.717) is 11.1 Å². The van der Waals surface area contributed by atoms with Gasteiger partial charge in [-0.25, -0.2) is 4.39 Å². The number of amides is 1. The standard InChI is InChI=1S/C16H16FNO3/c1-21-10-11-9-13(17)7-8-14(11)16(20,15(18)19)12-5-3-2-4-6-12/h2-9,20H,10H2,1H3,(H2,18,19). The Kier molecular flexibility index (Phi) is 4.35. The maximum absolute atomic E-state index is 13.4. The summed E-state index contributed by atoms with van der Waals surface area (Å²) in [6.07, 6.45) is 0. The number of halogens is 1. The second-order valence-electron chi connectivity index (χ2n) is 4.68. The zero-order chi connectivity index (χ0) is 15.5. The molecule has 0 aliphatic carbocycles. The fourth-order valence-corrected chi connectivity index (χ4v) is 2.30. The molecule has 0 radical (unpaired) electrons. The molecule has 0 spiro atoms. The molecule has 1 amide bonds. The van der Waals surface area contributed by atoms with Crippen molar-refractivity contribution in [1.82, 2.24) is 0 Å². The average Bonchev–Trinajstić information content (AvgIpc) is 2.48. The van der Waals surface area contributed by atoms with E-state index < -0.39 is 17.3 Å². The fourth-order valence-electron chi connectivity index (χ4n) is 2.30. The van der Waals surface area contributed by atoms with Gasteiger partial charge in [0.15, 0.2) is 5.60 Å². The van der Waals surface area contributed by atoms with Crippen LogP contribution in [0.25, 0.3) is 0 Å². The summed E-state index contributed by atoms with van der Waals surface area (Å²) in [5.74, 6) is -1.41. The minimum atomic E-state index is -2.04. The predicted octanol–water partition coefficient (Wildman–Crippen LogP) is 1.69. The Morgan fingerprint density at radius 3 is 2.52 bits per heavy atom. The highest BCUT2D eigenvalue weighted by molar-refractivity contribution is 5.89. The van der Waals surface area contributed by atoms with Gasteiger partial charge in [-0.1, -0.05) is 36.4 Å². The number of ether oxygens (including phenoxy) is 1. The first kappa shape index (κ1) is 15.2. The Morgan fingerprint density at radius 1 is 1.29 bits per heavy atom. The van der Waals surface area contributed by atoms with Gasteiger partial charge >= 0.3 is 0 Å². The molecule has 2 aromatic carbocycles. The minimum Gasteiger partial charge on any atom is -0.380 e. The molecule has 3 N–H and O–H groups in total. The van der Waals surface area contributed by atoms with Gasteiger partial charge in [0.2, 0.25) is 0 Å². The fraction of sp³-hybridized carbons (Fsp3) is 0.188. The molecular formula is C16H16FNO3. The molecule has 21 heavy (non-hydrogen) atoms. The Morgan fingerprint density at radius 2 is 1.95 bits per heavy atom. The number of methoxy groups -OCH3 is 1. The van der Waals surface area contributed by atoms with E-state index in [0.717, 1.165) is 0 Å². The summed E-state index contributed by atoms with van der Waals surface area (Å²) < 4.78 is 18.4. The van der Waals surface area contributed by atoms with E-state index in [1.165, 1.54) is 25.3 Å². The van der Waals surface area contributed by atoms with E-state index in [-0.39, 0.29) is 12.2 Å². The van der Waals surface area contributed by atoms with E-state index >= 15 is 0 Å². The first-order valence-electron chi connectivity index (χ1n) is 6.35. The summed E-state index contributed by atoms with van der Waals surface area (Å²) in [7, 11) is 1.44. The van der Waals surface area contributed by atoms with Crippen molar-refractivity contribution in [2.75, 3.05) is 7.11 Å². The highest BCUT2D eigenvalue weighted by Crippen LogP contribution is 2.32. The van der Waals surface area contributed by atoms with Crippen LogP contribution in [0.1, 0.15) is 16.7 Å². The molecule has 0 fully saturated rings. The van der Waals surface area contributed by atoms with Crippen LogP contribution >= 0.6 is 0 Å². The van der Waals surface area contributed by atoms with Crippen LogP contribution in [-0.4, -0.2) is 18.1 Å². The van der Waals surface area contributed by atoms with E-state index in [1.807, 2.05) is 0 Å². The van der Waals surface area contributed by atoms with Gasteiger partial charge in [-0.15, -0.1) is 0 Å². The summed E-state index contributed by atoms with van der Waals surface area (Å²) in [4.78, 5) is 11.9. The van der Waals surface area contributed by atoms with Crippen molar-refractivity contribution in [3.8, 4) is 0 Å². The number of benzene rings is 2. The van der Waals surface area contributed by atoms with Crippen LogP contribution in [0.2, 0.25) is 0 Å². The summed E-state index contributed by atoms with van der Waals surface area (Å²) in [5.41, 5.74) is 4.27. The largest absolute Gasteiger partial charge is 0.380 e. The van der Waals surface area contributed by atoms with Crippen molar-refractivity contribution >= 4 is 5.91 Å². The van der Waals surface area contributed by atoms with Crippen LogP contribution in [0.5, 0.6) is 0 Å². The molecule has 1 atom stereocenters. The minimum absolute atomic E-state index is 0.0511. The molecular weight excluding hydrogens is 273 g/mol. The maximum Gasteiger partial charge on any atom is 0.258 e. The molecule has 0 bridgehead atoms. The Labute approximate surface area is 122 Å².